The van der Waals surface area contributed by atoms with Crippen molar-refractivity contribution in [2.75, 3.05) is 26.8 Å². The second kappa shape index (κ2) is 7.16. The molecule has 100 valence electrons. The van der Waals surface area contributed by atoms with Crippen molar-refractivity contribution in [3.63, 3.8) is 0 Å². The zero-order chi connectivity index (χ0) is 11.4. The van der Waals surface area contributed by atoms with Crippen LogP contribution in [0.25, 0.3) is 0 Å². The number of halogens is 1. The molecule has 2 rings (SSSR count). The van der Waals surface area contributed by atoms with Crippen LogP contribution in [0.15, 0.2) is 0 Å². The summed E-state index contributed by atoms with van der Waals surface area (Å²) in [6.07, 6.45) is 3.87. The summed E-state index contributed by atoms with van der Waals surface area (Å²) in [6, 6.07) is 0.232. The fourth-order valence-corrected chi connectivity index (χ4v) is 2.42. The monoisotopic (exact) mass is 264 g/mol. The predicted molar refractivity (Wildman–Crippen MR) is 66.4 cm³/mol. The minimum absolute atomic E-state index is 0. The summed E-state index contributed by atoms with van der Waals surface area (Å²) in [7, 11) is 1.65. The Morgan fingerprint density at radius 1 is 1.47 bits per heavy atom. The topological polar surface area (TPSA) is 59.6 Å². The number of fused-ring (bicyclic) bond motifs is 2. The Balaban J connectivity index is 0.00000144. The van der Waals surface area contributed by atoms with E-state index in [2.05, 4.69) is 10.6 Å². The third-order valence-corrected chi connectivity index (χ3v) is 3.22. The summed E-state index contributed by atoms with van der Waals surface area (Å²) in [5.41, 5.74) is 0. The van der Waals surface area contributed by atoms with Crippen molar-refractivity contribution < 1.29 is 14.3 Å². The lowest BCUT2D eigenvalue weighted by Crippen LogP contribution is -2.45. The average molecular weight is 265 g/mol. The minimum Gasteiger partial charge on any atom is -0.383 e. The number of nitrogens with one attached hydrogen (secondary N) is 2. The van der Waals surface area contributed by atoms with Crippen LogP contribution in [-0.2, 0) is 14.3 Å². The lowest BCUT2D eigenvalue weighted by molar-refractivity contribution is -0.121. The van der Waals surface area contributed by atoms with Gasteiger partial charge in [0.25, 0.3) is 0 Å². The Bertz CT molecular complexity index is 253. The minimum atomic E-state index is 0. The number of carbonyl (C=O) groups excluding carboxylic acids is 1. The first kappa shape index (κ1) is 14.7. The molecule has 5 nitrogen and oxygen atoms in total. The molecule has 2 aliphatic rings. The summed E-state index contributed by atoms with van der Waals surface area (Å²) in [4.78, 5) is 11.6. The Kier molecular flexibility index (Phi) is 6.19. The van der Waals surface area contributed by atoms with Gasteiger partial charge in [0.2, 0.25) is 5.91 Å². The quantitative estimate of drug-likeness (QED) is 0.667. The molecule has 0 aliphatic carbocycles. The van der Waals surface area contributed by atoms with Crippen LogP contribution in [0, 0.1) is 0 Å². The van der Waals surface area contributed by atoms with E-state index in [1.807, 2.05) is 0 Å². The molecule has 0 aromatic carbocycles. The second-order valence-electron chi connectivity index (χ2n) is 4.45. The van der Waals surface area contributed by atoms with Gasteiger partial charge in [-0.1, -0.05) is 0 Å². The molecule has 2 fully saturated rings. The number of methoxy groups -OCH3 is 1. The van der Waals surface area contributed by atoms with Gasteiger partial charge in [-0.25, -0.2) is 0 Å². The maximum atomic E-state index is 11.6. The number of hydrogen-bond acceptors (Lipinski definition) is 4. The zero-order valence-electron chi connectivity index (χ0n) is 10.1. The van der Waals surface area contributed by atoms with Gasteiger partial charge < -0.3 is 20.1 Å². The van der Waals surface area contributed by atoms with Crippen LogP contribution < -0.4 is 10.6 Å². The van der Waals surface area contributed by atoms with E-state index in [0.29, 0.717) is 25.8 Å². The van der Waals surface area contributed by atoms with E-state index >= 15 is 0 Å². The second-order valence-corrected chi connectivity index (χ2v) is 4.45. The SMILES string of the molecule is COCCNCC(=O)NC1CC2CCC1O2.Cl. The standard InChI is InChI=1S/C11H20N2O3.ClH/c1-15-5-4-12-7-11(14)13-9-6-8-2-3-10(9)16-8;/h8-10,12H,2-7H2,1H3,(H,13,14);1H. The largest absolute Gasteiger partial charge is 0.383 e. The first-order valence-electron chi connectivity index (χ1n) is 5.94. The van der Waals surface area contributed by atoms with Crippen LogP contribution in [0.1, 0.15) is 19.3 Å². The van der Waals surface area contributed by atoms with E-state index in [0.717, 1.165) is 19.3 Å². The molecule has 0 radical (unpaired) electrons. The molecule has 2 N–H and O–H groups in total. The Labute approximate surface area is 108 Å². The van der Waals surface area contributed by atoms with Crippen molar-refractivity contribution in [1.82, 2.24) is 10.6 Å². The molecule has 17 heavy (non-hydrogen) atoms. The van der Waals surface area contributed by atoms with Crippen LogP contribution in [0.2, 0.25) is 0 Å². The number of rotatable bonds is 6. The highest BCUT2D eigenvalue weighted by atomic mass is 35.5. The summed E-state index contributed by atoms with van der Waals surface area (Å²) in [6.45, 7) is 1.69. The predicted octanol–water partition coefficient (Wildman–Crippen LogP) is 0.0803. The fraction of sp³-hybridized carbons (Fsp3) is 0.909. The first-order chi connectivity index (χ1) is 7.79. The molecule has 6 heteroatoms. The van der Waals surface area contributed by atoms with Gasteiger partial charge in [-0.2, -0.15) is 0 Å². The van der Waals surface area contributed by atoms with Crippen molar-refractivity contribution in [2.24, 2.45) is 0 Å². The highest BCUT2D eigenvalue weighted by Gasteiger charge is 2.41. The van der Waals surface area contributed by atoms with Gasteiger partial charge in [-0.3, -0.25) is 4.79 Å². The number of ether oxygens (including phenoxy) is 2. The van der Waals surface area contributed by atoms with Crippen LogP contribution in [0.4, 0.5) is 0 Å². The summed E-state index contributed by atoms with van der Waals surface area (Å²) in [5.74, 6) is 0.0530. The van der Waals surface area contributed by atoms with E-state index in [4.69, 9.17) is 9.47 Å². The van der Waals surface area contributed by atoms with Gasteiger partial charge in [-0.05, 0) is 19.3 Å². The molecule has 0 saturated carbocycles. The van der Waals surface area contributed by atoms with Gasteiger partial charge >= 0.3 is 0 Å². The molecule has 2 aliphatic heterocycles. The van der Waals surface area contributed by atoms with E-state index in [-0.39, 0.29) is 30.5 Å². The van der Waals surface area contributed by atoms with E-state index in [1.165, 1.54) is 0 Å². The van der Waals surface area contributed by atoms with Crippen LogP contribution in [0.5, 0.6) is 0 Å². The Morgan fingerprint density at radius 3 is 2.88 bits per heavy atom. The Hall–Kier alpha value is -0.360. The molecule has 0 spiro atoms. The number of amides is 1. The van der Waals surface area contributed by atoms with Crippen molar-refractivity contribution in [3.05, 3.63) is 0 Å². The maximum absolute atomic E-state index is 11.6. The van der Waals surface area contributed by atoms with Crippen molar-refractivity contribution in [3.8, 4) is 0 Å². The maximum Gasteiger partial charge on any atom is 0.234 e. The van der Waals surface area contributed by atoms with Crippen molar-refractivity contribution >= 4 is 18.3 Å². The van der Waals surface area contributed by atoms with Gasteiger partial charge in [0, 0.05) is 13.7 Å². The summed E-state index contributed by atoms with van der Waals surface area (Å²) >= 11 is 0. The van der Waals surface area contributed by atoms with Crippen LogP contribution in [-0.4, -0.2) is 51.0 Å². The third-order valence-electron chi connectivity index (χ3n) is 3.22. The van der Waals surface area contributed by atoms with E-state index in [1.54, 1.807) is 7.11 Å². The molecule has 3 atom stereocenters. The normalized spacial score (nSPS) is 30.1. The zero-order valence-corrected chi connectivity index (χ0v) is 10.9. The first-order valence-corrected chi connectivity index (χ1v) is 5.94. The van der Waals surface area contributed by atoms with E-state index in [9.17, 15) is 4.79 Å². The highest BCUT2D eigenvalue weighted by Crippen LogP contribution is 2.34. The van der Waals surface area contributed by atoms with Crippen LogP contribution in [0.3, 0.4) is 0 Å². The van der Waals surface area contributed by atoms with Gasteiger partial charge in [0.15, 0.2) is 0 Å². The average Bonchev–Trinajstić information content (AvgIpc) is 2.86. The van der Waals surface area contributed by atoms with Gasteiger partial charge in [0.05, 0.1) is 31.4 Å². The lowest BCUT2D eigenvalue weighted by Gasteiger charge is -2.20. The number of hydrogen-bond donors (Lipinski definition) is 2. The highest BCUT2D eigenvalue weighted by molar-refractivity contribution is 5.85. The molecular formula is C11H21ClN2O3. The molecule has 2 bridgehead atoms. The molecule has 2 saturated heterocycles. The van der Waals surface area contributed by atoms with Gasteiger partial charge in [0.1, 0.15) is 0 Å². The van der Waals surface area contributed by atoms with Crippen LogP contribution >= 0.6 is 12.4 Å². The molecule has 1 amide bonds. The smallest absolute Gasteiger partial charge is 0.234 e. The van der Waals surface area contributed by atoms with E-state index < -0.39 is 0 Å². The number of carbonyl (C=O) groups is 1. The summed E-state index contributed by atoms with van der Waals surface area (Å²) in [5, 5.41) is 6.05. The molecule has 0 aromatic rings. The molecule has 0 aromatic heterocycles. The molecular weight excluding hydrogens is 244 g/mol. The Morgan fingerprint density at radius 2 is 2.29 bits per heavy atom. The van der Waals surface area contributed by atoms with Crippen molar-refractivity contribution in [1.29, 1.82) is 0 Å². The fourth-order valence-electron chi connectivity index (χ4n) is 2.42. The molecule has 3 unspecified atom stereocenters. The lowest BCUT2D eigenvalue weighted by atomic mass is 9.95. The third kappa shape index (κ3) is 4.10. The van der Waals surface area contributed by atoms with Crippen molar-refractivity contribution in [2.45, 2.75) is 37.5 Å². The summed E-state index contributed by atoms with van der Waals surface area (Å²) < 4.78 is 10.6. The molecule has 2 heterocycles. The van der Waals surface area contributed by atoms with Gasteiger partial charge in [-0.15, -0.1) is 12.4 Å².